The standard InChI is InChI=1S/C12H14FN5OS/c1-2-18-11(19)16-17-12(18)20-6-7-3-8(10(14)15)5-9(13)4-7/h3-5H,2,6H2,1H3,(H3,14,15)(H,16,19). The molecule has 1 aromatic heterocycles. The van der Waals surface area contributed by atoms with Crippen molar-refractivity contribution in [3.8, 4) is 0 Å². The molecule has 0 atom stereocenters. The summed E-state index contributed by atoms with van der Waals surface area (Å²) in [5.74, 6) is -0.188. The Morgan fingerprint density at radius 1 is 1.55 bits per heavy atom. The summed E-state index contributed by atoms with van der Waals surface area (Å²) < 4.78 is 14.9. The van der Waals surface area contributed by atoms with Crippen LogP contribution in [0, 0.1) is 11.2 Å². The highest BCUT2D eigenvalue weighted by atomic mass is 32.2. The molecule has 2 aromatic rings. The summed E-state index contributed by atoms with van der Waals surface area (Å²) in [6.45, 7) is 2.36. The zero-order valence-corrected chi connectivity index (χ0v) is 11.6. The molecule has 0 fully saturated rings. The van der Waals surface area contributed by atoms with Gasteiger partial charge in [-0.05, 0) is 30.7 Å². The summed E-state index contributed by atoms with van der Waals surface area (Å²) in [7, 11) is 0. The van der Waals surface area contributed by atoms with Crippen LogP contribution in [0.15, 0.2) is 28.2 Å². The first-order valence-electron chi connectivity index (χ1n) is 5.93. The lowest BCUT2D eigenvalue weighted by Crippen LogP contribution is -2.16. The number of aromatic amines is 1. The Morgan fingerprint density at radius 3 is 2.95 bits per heavy atom. The number of aromatic nitrogens is 3. The Kier molecular flexibility index (Phi) is 4.23. The van der Waals surface area contributed by atoms with Gasteiger partial charge < -0.3 is 5.73 Å². The molecule has 0 saturated heterocycles. The Bertz CT molecular complexity index is 693. The van der Waals surface area contributed by atoms with Gasteiger partial charge in [0.1, 0.15) is 11.7 Å². The van der Waals surface area contributed by atoms with Crippen molar-refractivity contribution in [3.63, 3.8) is 0 Å². The van der Waals surface area contributed by atoms with E-state index in [1.807, 2.05) is 6.92 Å². The molecule has 1 aromatic carbocycles. The molecule has 106 valence electrons. The van der Waals surface area contributed by atoms with Gasteiger partial charge in [-0.15, -0.1) is 5.10 Å². The zero-order chi connectivity index (χ0) is 14.7. The van der Waals surface area contributed by atoms with Gasteiger partial charge in [-0.1, -0.05) is 11.8 Å². The number of nitrogens with zero attached hydrogens (tertiary/aromatic N) is 2. The molecule has 0 spiro atoms. The molecule has 0 aliphatic rings. The first-order chi connectivity index (χ1) is 9.51. The minimum atomic E-state index is -0.441. The summed E-state index contributed by atoms with van der Waals surface area (Å²) >= 11 is 1.32. The van der Waals surface area contributed by atoms with E-state index >= 15 is 0 Å². The first kappa shape index (κ1) is 14.3. The highest BCUT2D eigenvalue weighted by molar-refractivity contribution is 7.98. The van der Waals surface area contributed by atoms with Gasteiger partial charge in [0, 0.05) is 17.9 Å². The molecule has 6 nitrogen and oxygen atoms in total. The van der Waals surface area contributed by atoms with Crippen molar-refractivity contribution in [2.75, 3.05) is 0 Å². The van der Waals surface area contributed by atoms with Crippen LogP contribution >= 0.6 is 11.8 Å². The summed E-state index contributed by atoms with van der Waals surface area (Å²) in [6, 6.07) is 4.24. The van der Waals surface area contributed by atoms with Gasteiger partial charge in [-0.25, -0.2) is 14.3 Å². The number of nitrogens with one attached hydrogen (secondary N) is 2. The molecule has 0 unspecified atom stereocenters. The smallest absolute Gasteiger partial charge is 0.343 e. The van der Waals surface area contributed by atoms with E-state index in [0.29, 0.717) is 28.6 Å². The van der Waals surface area contributed by atoms with Gasteiger partial charge in [0.25, 0.3) is 0 Å². The van der Waals surface area contributed by atoms with Gasteiger partial charge in [0.2, 0.25) is 0 Å². The fraction of sp³-hybridized carbons (Fsp3) is 0.250. The van der Waals surface area contributed by atoms with Crippen LogP contribution in [-0.2, 0) is 12.3 Å². The first-order valence-corrected chi connectivity index (χ1v) is 6.91. The number of nitrogens with two attached hydrogens (primary N) is 1. The fourth-order valence-corrected chi connectivity index (χ4v) is 2.67. The lowest BCUT2D eigenvalue weighted by atomic mass is 10.1. The summed E-state index contributed by atoms with van der Waals surface area (Å²) in [6.07, 6.45) is 0. The minimum absolute atomic E-state index is 0.180. The number of benzene rings is 1. The third-order valence-electron chi connectivity index (χ3n) is 2.68. The molecule has 4 N–H and O–H groups in total. The van der Waals surface area contributed by atoms with Crippen LogP contribution < -0.4 is 11.4 Å². The zero-order valence-electron chi connectivity index (χ0n) is 10.8. The highest BCUT2D eigenvalue weighted by Gasteiger charge is 2.09. The maximum Gasteiger partial charge on any atom is 0.343 e. The maximum absolute atomic E-state index is 13.4. The van der Waals surface area contributed by atoms with Crippen LogP contribution in [0.5, 0.6) is 0 Å². The SMILES string of the molecule is CCn1c(SCc2cc(F)cc(C(=N)N)c2)n[nH]c1=O. The Hall–Kier alpha value is -2.09. The molecule has 8 heteroatoms. The quantitative estimate of drug-likeness (QED) is 0.440. The largest absolute Gasteiger partial charge is 0.384 e. The van der Waals surface area contributed by atoms with E-state index in [1.54, 1.807) is 6.07 Å². The average Bonchev–Trinajstić information content (AvgIpc) is 2.76. The monoisotopic (exact) mass is 295 g/mol. The number of amidine groups is 1. The number of H-pyrrole nitrogens is 1. The van der Waals surface area contributed by atoms with E-state index in [9.17, 15) is 9.18 Å². The molecule has 20 heavy (non-hydrogen) atoms. The van der Waals surface area contributed by atoms with Crippen molar-refractivity contribution < 1.29 is 4.39 Å². The molecule has 0 bridgehead atoms. The summed E-state index contributed by atoms with van der Waals surface area (Å²) in [5, 5.41) is 14.2. The molecule has 0 saturated carbocycles. The van der Waals surface area contributed by atoms with Gasteiger partial charge in [-0.2, -0.15) is 0 Å². The third-order valence-corrected chi connectivity index (χ3v) is 3.72. The Balaban J connectivity index is 2.18. The lowest BCUT2D eigenvalue weighted by Gasteiger charge is -2.05. The summed E-state index contributed by atoms with van der Waals surface area (Å²) in [4.78, 5) is 11.4. The Labute approximate surface area is 118 Å². The molecular weight excluding hydrogens is 281 g/mol. The summed E-state index contributed by atoms with van der Waals surface area (Å²) in [5.41, 5.74) is 6.11. The van der Waals surface area contributed by atoms with Gasteiger partial charge in [0.05, 0.1) is 0 Å². The van der Waals surface area contributed by atoms with E-state index in [4.69, 9.17) is 11.1 Å². The van der Waals surface area contributed by atoms with Gasteiger partial charge >= 0.3 is 5.69 Å². The van der Waals surface area contributed by atoms with Gasteiger partial charge in [0.15, 0.2) is 5.16 Å². The van der Waals surface area contributed by atoms with Crippen LogP contribution in [0.4, 0.5) is 4.39 Å². The predicted molar refractivity (Wildman–Crippen MR) is 75.5 cm³/mol. The maximum atomic E-state index is 13.4. The fourth-order valence-electron chi connectivity index (χ4n) is 1.73. The molecule has 0 aliphatic heterocycles. The topological polar surface area (TPSA) is 101 Å². The predicted octanol–water partition coefficient (Wildman–Crippen LogP) is 1.31. The number of rotatable bonds is 5. The van der Waals surface area contributed by atoms with E-state index in [2.05, 4.69) is 10.2 Å². The molecular formula is C12H14FN5OS. The van der Waals surface area contributed by atoms with Crippen molar-refractivity contribution >= 4 is 17.6 Å². The number of halogens is 1. The Morgan fingerprint density at radius 2 is 2.30 bits per heavy atom. The van der Waals surface area contributed by atoms with Crippen LogP contribution in [0.3, 0.4) is 0 Å². The van der Waals surface area contributed by atoms with Crippen LogP contribution in [0.2, 0.25) is 0 Å². The van der Waals surface area contributed by atoms with Gasteiger partial charge in [-0.3, -0.25) is 9.98 Å². The number of hydrogen-bond acceptors (Lipinski definition) is 4. The number of nitrogen functional groups attached to an aromatic ring is 1. The normalized spacial score (nSPS) is 10.7. The molecule has 0 aliphatic carbocycles. The van der Waals surface area contributed by atoms with E-state index in [-0.39, 0.29) is 11.5 Å². The van der Waals surface area contributed by atoms with E-state index < -0.39 is 5.82 Å². The van der Waals surface area contributed by atoms with Crippen LogP contribution in [0.25, 0.3) is 0 Å². The van der Waals surface area contributed by atoms with Crippen molar-refractivity contribution in [2.45, 2.75) is 24.4 Å². The molecule has 0 radical (unpaired) electrons. The number of hydrogen-bond donors (Lipinski definition) is 3. The second-order valence-electron chi connectivity index (χ2n) is 4.11. The highest BCUT2D eigenvalue weighted by Crippen LogP contribution is 2.21. The van der Waals surface area contributed by atoms with Crippen LogP contribution in [0.1, 0.15) is 18.1 Å². The number of thioether (sulfide) groups is 1. The molecule has 1 heterocycles. The van der Waals surface area contributed by atoms with Crippen molar-refractivity contribution in [3.05, 3.63) is 45.6 Å². The van der Waals surface area contributed by atoms with Crippen molar-refractivity contribution in [2.24, 2.45) is 5.73 Å². The third kappa shape index (κ3) is 3.08. The van der Waals surface area contributed by atoms with Crippen LogP contribution in [-0.4, -0.2) is 20.6 Å². The molecule has 0 amide bonds. The minimum Gasteiger partial charge on any atom is -0.384 e. The van der Waals surface area contributed by atoms with Crippen molar-refractivity contribution in [1.82, 2.24) is 14.8 Å². The second-order valence-corrected chi connectivity index (χ2v) is 5.05. The van der Waals surface area contributed by atoms with Crippen molar-refractivity contribution in [1.29, 1.82) is 5.41 Å². The molecule has 2 rings (SSSR count). The van der Waals surface area contributed by atoms with E-state index in [0.717, 1.165) is 0 Å². The average molecular weight is 295 g/mol. The van der Waals surface area contributed by atoms with E-state index in [1.165, 1.54) is 28.5 Å². The second kappa shape index (κ2) is 5.91. The lowest BCUT2D eigenvalue weighted by molar-refractivity contribution is 0.626.